The molecule has 6 heteroatoms. The number of rotatable bonds is 7. The second-order valence-electron chi connectivity index (χ2n) is 6.51. The maximum atomic E-state index is 12.4. The molecule has 3 aromatic rings. The van der Waals surface area contributed by atoms with Gasteiger partial charge in [-0.2, -0.15) is 0 Å². The molecule has 1 heterocycles. The summed E-state index contributed by atoms with van der Waals surface area (Å²) in [5.41, 5.74) is 9.17. The van der Waals surface area contributed by atoms with Crippen LogP contribution in [0.15, 0.2) is 71.3 Å². The molecule has 0 saturated heterocycles. The van der Waals surface area contributed by atoms with Gasteiger partial charge in [-0.05, 0) is 47.9 Å². The summed E-state index contributed by atoms with van der Waals surface area (Å²) in [6, 6.07) is 18.3. The van der Waals surface area contributed by atoms with Gasteiger partial charge in [0.2, 0.25) is 5.91 Å². The minimum Gasteiger partial charge on any atom is -0.459 e. The number of hydrogen-bond donors (Lipinski definition) is 3. The quantitative estimate of drug-likeness (QED) is 0.588. The number of nitrogens with one attached hydrogen (secondary N) is 2. The van der Waals surface area contributed by atoms with Crippen molar-refractivity contribution in [1.82, 2.24) is 5.32 Å². The fourth-order valence-electron chi connectivity index (χ4n) is 2.74. The van der Waals surface area contributed by atoms with Crippen molar-refractivity contribution in [1.29, 1.82) is 0 Å². The lowest BCUT2D eigenvalue weighted by molar-refractivity contribution is -0.122. The number of benzene rings is 2. The average Bonchev–Trinajstić information content (AvgIpc) is 3.27. The fraction of sp³-hybridized carbons (Fsp3) is 0.182. The molecular weight excluding hydrogens is 354 g/mol. The van der Waals surface area contributed by atoms with Gasteiger partial charge in [-0.15, -0.1) is 0 Å². The molecular formula is C22H23N3O3. The Morgan fingerprint density at radius 3 is 2.29 bits per heavy atom. The van der Waals surface area contributed by atoms with Crippen LogP contribution >= 0.6 is 0 Å². The standard InChI is InChI=1S/C22H23N3O3/c1-15(21(26)24-14-17-6-4-16(13-23)5-7-17)18-8-10-19(11-9-18)25-22(27)20-3-2-12-28-20/h2-12,15H,13-14,23H2,1H3,(H,24,26)(H,25,27). The van der Waals surface area contributed by atoms with Gasteiger partial charge in [-0.3, -0.25) is 9.59 Å². The second-order valence-corrected chi connectivity index (χ2v) is 6.51. The SMILES string of the molecule is CC(C(=O)NCc1ccc(CN)cc1)c1ccc(NC(=O)c2ccco2)cc1. The summed E-state index contributed by atoms with van der Waals surface area (Å²) in [7, 11) is 0. The van der Waals surface area contributed by atoms with Gasteiger partial charge in [0.25, 0.3) is 5.91 Å². The fourth-order valence-corrected chi connectivity index (χ4v) is 2.74. The molecule has 1 unspecified atom stereocenters. The molecule has 0 spiro atoms. The highest BCUT2D eigenvalue weighted by Crippen LogP contribution is 2.19. The number of furan rings is 1. The maximum absolute atomic E-state index is 12.4. The molecule has 1 atom stereocenters. The summed E-state index contributed by atoms with van der Waals surface area (Å²) in [5, 5.41) is 5.70. The summed E-state index contributed by atoms with van der Waals surface area (Å²) in [5.74, 6) is -0.436. The van der Waals surface area contributed by atoms with Gasteiger partial charge in [0.15, 0.2) is 5.76 Å². The van der Waals surface area contributed by atoms with Gasteiger partial charge in [0.05, 0.1) is 12.2 Å². The van der Waals surface area contributed by atoms with Crippen LogP contribution in [0.25, 0.3) is 0 Å². The van der Waals surface area contributed by atoms with Crippen LogP contribution in [0.1, 0.15) is 40.1 Å². The number of carbonyl (C=O) groups is 2. The molecule has 2 aromatic carbocycles. The number of hydrogen-bond acceptors (Lipinski definition) is 4. The lowest BCUT2D eigenvalue weighted by Crippen LogP contribution is -2.27. The summed E-state index contributed by atoms with van der Waals surface area (Å²) in [4.78, 5) is 24.4. The Kier molecular flexibility index (Phi) is 6.24. The van der Waals surface area contributed by atoms with Crippen LogP contribution in [0.2, 0.25) is 0 Å². The Morgan fingerprint density at radius 2 is 1.68 bits per heavy atom. The molecule has 0 aliphatic carbocycles. The van der Waals surface area contributed by atoms with Crippen molar-refractivity contribution >= 4 is 17.5 Å². The molecule has 2 amide bonds. The Labute approximate surface area is 163 Å². The molecule has 0 bridgehead atoms. The molecule has 1 aromatic heterocycles. The van der Waals surface area contributed by atoms with Gasteiger partial charge in [0.1, 0.15) is 0 Å². The first kappa shape index (κ1) is 19.4. The van der Waals surface area contributed by atoms with E-state index in [9.17, 15) is 9.59 Å². The highest BCUT2D eigenvalue weighted by molar-refractivity contribution is 6.02. The topological polar surface area (TPSA) is 97.4 Å². The van der Waals surface area contributed by atoms with E-state index in [2.05, 4.69) is 10.6 Å². The third-order valence-corrected chi connectivity index (χ3v) is 4.53. The first-order valence-corrected chi connectivity index (χ1v) is 9.07. The normalized spacial score (nSPS) is 11.6. The van der Waals surface area contributed by atoms with Gasteiger partial charge in [0, 0.05) is 18.8 Å². The third-order valence-electron chi connectivity index (χ3n) is 4.53. The van der Waals surface area contributed by atoms with Crippen LogP contribution in [-0.2, 0) is 17.9 Å². The van der Waals surface area contributed by atoms with Gasteiger partial charge >= 0.3 is 0 Å². The lowest BCUT2D eigenvalue weighted by Gasteiger charge is -2.13. The first-order chi connectivity index (χ1) is 13.6. The zero-order valence-electron chi connectivity index (χ0n) is 15.6. The van der Waals surface area contributed by atoms with Crippen LogP contribution in [0.4, 0.5) is 5.69 Å². The lowest BCUT2D eigenvalue weighted by atomic mass is 10.00. The molecule has 0 aliphatic rings. The van der Waals surface area contributed by atoms with Crippen molar-refractivity contribution in [2.45, 2.75) is 25.9 Å². The second kappa shape index (κ2) is 9.01. The van der Waals surface area contributed by atoms with E-state index in [-0.39, 0.29) is 23.5 Å². The molecule has 0 radical (unpaired) electrons. The monoisotopic (exact) mass is 377 g/mol. The van der Waals surface area contributed by atoms with E-state index in [0.29, 0.717) is 18.8 Å². The Morgan fingerprint density at radius 1 is 1.00 bits per heavy atom. The number of carbonyl (C=O) groups excluding carboxylic acids is 2. The summed E-state index contributed by atoms with van der Waals surface area (Å²) < 4.78 is 5.07. The van der Waals surface area contributed by atoms with E-state index in [1.54, 1.807) is 24.3 Å². The summed E-state index contributed by atoms with van der Waals surface area (Å²) in [6.07, 6.45) is 1.45. The number of anilines is 1. The largest absolute Gasteiger partial charge is 0.459 e. The van der Waals surface area contributed by atoms with Crippen molar-refractivity contribution < 1.29 is 14.0 Å². The summed E-state index contributed by atoms with van der Waals surface area (Å²) >= 11 is 0. The Bertz CT molecular complexity index is 917. The minimum atomic E-state index is -0.316. The zero-order chi connectivity index (χ0) is 19.9. The van der Waals surface area contributed by atoms with Crippen molar-refractivity contribution in [3.8, 4) is 0 Å². The van der Waals surface area contributed by atoms with Crippen molar-refractivity contribution in [2.24, 2.45) is 5.73 Å². The average molecular weight is 377 g/mol. The highest BCUT2D eigenvalue weighted by Gasteiger charge is 2.15. The van der Waals surface area contributed by atoms with E-state index < -0.39 is 0 Å². The number of nitrogens with two attached hydrogens (primary N) is 1. The van der Waals surface area contributed by atoms with E-state index in [0.717, 1.165) is 16.7 Å². The van der Waals surface area contributed by atoms with E-state index in [1.807, 2.05) is 43.3 Å². The number of amides is 2. The molecule has 28 heavy (non-hydrogen) atoms. The molecule has 0 aliphatic heterocycles. The van der Waals surface area contributed by atoms with E-state index in [1.165, 1.54) is 6.26 Å². The summed E-state index contributed by atoms with van der Waals surface area (Å²) in [6.45, 7) is 2.82. The Hall–Kier alpha value is -3.38. The van der Waals surface area contributed by atoms with Crippen LogP contribution in [-0.4, -0.2) is 11.8 Å². The Balaban J connectivity index is 1.54. The molecule has 0 saturated carbocycles. The maximum Gasteiger partial charge on any atom is 0.291 e. The molecule has 6 nitrogen and oxygen atoms in total. The zero-order valence-corrected chi connectivity index (χ0v) is 15.6. The smallest absolute Gasteiger partial charge is 0.291 e. The first-order valence-electron chi connectivity index (χ1n) is 9.07. The molecule has 144 valence electrons. The third kappa shape index (κ3) is 4.86. The molecule has 4 N–H and O–H groups in total. The predicted octanol–water partition coefficient (Wildman–Crippen LogP) is 3.41. The van der Waals surface area contributed by atoms with Gasteiger partial charge in [-0.25, -0.2) is 0 Å². The van der Waals surface area contributed by atoms with E-state index >= 15 is 0 Å². The minimum absolute atomic E-state index is 0.0599. The van der Waals surface area contributed by atoms with Gasteiger partial charge in [-0.1, -0.05) is 36.4 Å². The highest BCUT2D eigenvalue weighted by atomic mass is 16.3. The predicted molar refractivity (Wildman–Crippen MR) is 108 cm³/mol. The molecule has 0 fully saturated rings. The van der Waals surface area contributed by atoms with Crippen molar-refractivity contribution in [2.75, 3.05) is 5.32 Å². The van der Waals surface area contributed by atoms with Crippen molar-refractivity contribution in [3.63, 3.8) is 0 Å². The van der Waals surface area contributed by atoms with Crippen LogP contribution in [0.5, 0.6) is 0 Å². The molecule has 3 rings (SSSR count). The van der Waals surface area contributed by atoms with Crippen LogP contribution in [0.3, 0.4) is 0 Å². The van der Waals surface area contributed by atoms with Crippen LogP contribution < -0.4 is 16.4 Å². The van der Waals surface area contributed by atoms with Gasteiger partial charge < -0.3 is 20.8 Å². The van der Waals surface area contributed by atoms with E-state index in [4.69, 9.17) is 10.2 Å². The van der Waals surface area contributed by atoms with Crippen molar-refractivity contribution in [3.05, 3.63) is 89.4 Å². The van der Waals surface area contributed by atoms with Crippen LogP contribution in [0, 0.1) is 0 Å².